The summed E-state index contributed by atoms with van der Waals surface area (Å²) < 4.78 is 0. The lowest BCUT2D eigenvalue weighted by atomic mass is 10.0. The first-order valence-corrected chi connectivity index (χ1v) is 18.5. The van der Waals surface area contributed by atoms with E-state index in [1.54, 1.807) is 0 Å². The van der Waals surface area contributed by atoms with Crippen LogP contribution in [0.2, 0.25) is 0 Å². The Bertz CT molecular complexity index is 1300. The zero-order valence-electron chi connectivity index (χ0n) is 29.6. The number of rotatable bonds is 24. The molecule has 51 heavy (non-hydrogen) atoms. The molecule has 0 radical (unpaired) electrons. The number of aromatic nitrogens is 2. The molecule has 0 aromatic carbocycles. The van der Waals surface area contributed by atoms with Crippen LogP contribution in [0, 0.1) is 11.8 Å². The van der Waals surface area contributed by atoms with E-state index in [0.717, 1.165) is 0 Å². The topological polar surface area (TPSA) is 287 Å². The Balaban J connectivity index is 3.20. The number of aliphatic hydroxyl groups excluding tert-OH is 1. The number of aromatic amines is 1. The Morgan fingerprint density at radius 1 is 0.804 bits per heavy atom. The maximum Gasteiger partial charge on any atom is 0.322 e. The van der Waals surface area contributed by atoms with Crippen LogP contribution in [-0.4, -0.2) is 129 Å². The van der Waals surface area contributed by atoms with Crippen molar-refractivity contribution in [3.8, 4) is 0 Å². The van der Waals surface area contributed by atoms with E-state index in [-0.39, 0.29) is 36.9 Å². The molecule has 288 valence electrons. The fourth-order valence-corrected chi connectivity index (χ4v) is 5.40. The minimum Gasteiger partial charge on any atom is -0.480 e. The third-order valence-electron chi connectivity index (χ3n) is 7.31. The minimum absolute atomic E-state index is 0.00812. The van der Waals surface area contributed by atoms with E-state index >= 15 is 0 Å². The van der Waals surface area contributed by atoms with Crippen molar-refractivity contribution in [2.24, 2.45) is 17.6 Å². The van der Waals surface area contributed by atoms with Crippen LogP contribution in [-0.2, 0) is 40.0 Å². The predicted molar refractivity (Wildman–Crippen MR) is 193 cm³/mol. The third-order valence-corrected chi connectivity index (χ3v) is 8.32. The van der Waals surface area contributed by atoms with Crippen LogP contribution in [0.25, 0.3) is 0 Å². The zero-order valence-corrected chi connectivity index (χ0v) is 31.3. The molecule has 6 amide bonds. The van der Waals surface area contributed by atoms with Crippen molar-refractivity contribution in [3.05, 3.63) is 18.2 Å². The molecular formula is C31H53N9O9S2. The maximum absolute atomic E-state index is 13.8. The number of hydrogen-bond acceptors (Lipinski definition) is 12. The fraction of sp³-hybridized carbons (Fsp3) is 0.677. The number of thiol groups is 1. The quantitative estimate of drug-likeness (QED) is 0.0495. The average Bonchev–Trinajstić information content (AvgIpc) is 3.58. The van der Waals surface area contributed by atoms with Crippen LogP contribution in [0.5, 0.6) is 0 Å². The van der Waals surface area contributed by atoms with Gasteiger partial charge in [0.15, 0.2) is 0 Å². The summed E-state index contributed by atoms with van der Waals surface area (Å²) in [6, 6.07) is -7.08. The molecule has 6 unspecified atom stereocenters. The molecule has 1 rings (SSSR count). The minimum atomic E-state index is -1.51. The first-order chi connectivity index (χ1) is 24.0. The number of imidazole rings is 1. The van der Waals surface area contributed by atoms with Crippen molar-refractivity contribution >= 4 is 65.8 Å². The van der Waals surface area contributed by atoms with Crippen molar-refractivity contribution in [1.29, 1.82) is 0 Å². The van der Waals surface area contributed by atoms with E-state index < -0.39 is 90.8 Å². The van der Waals surface area contributed by atoms with Crippen molar-refractivity contribution in [2.75, 3.05) is 30.9 Å². The van der Waals surface area contributed by atoms with Gasteiger partial charge in [0, 0.05) is 24.1 Å². The Kier molecular flexibility index (Phi) is 20.9. The standard InChI is InChI=1S/C31H53N9O9S2/c1-16(2)8-20(36-26(44)19(32)6-7-51-5)28(46)38-22(10-18-11-33-15-35-18)30(48)37-21(9-17(3)4)29(47)40-24(14-50)31(49)39-23(13-41)27(45)34-12-25(42)43/h11,15-17,19-24,41,50H,6-10,12-14,32H2,1-5H3,(H,33,35)(H,34,45)(H,36,44)(H,37,48)(H,38,46)(H,39,49)(H,40,47)(H,42,43). The first kappa shape index (κ1) is 45.1. The van der Waals surface area contributed by atoms with Gasteiger partial charge in [-0.15, -0.1) is 0 Å². The van der Waals surface area contributed by atoms with Crippen molar-refractivity contribution in [3.63, 3.8) is 0 Å². The van der Waals surface area contributed by atoms with E-state index in [0.29, 0.717) is 17.9 Å². The molecular weight excluding hydrogens is 707 g/mol. The number of nitrogens with two attached hydrogens (primary N) is 1. The number of carbonyl (C=O) groups excluding carboxylic acids is 6. The fourth-order valence-electron chi connectivity index (χ4n) is 4.65. The summed E-state index contributed by atoms with van der Waals surface area (Å²) in [7, 11) is 0. The Labute approximate surface area is 307 Å². The summed E-state index contributed by atoms with van der Waals surface area (Å²) in [6.45, 7) is 5.77. The largest absolute Gasteiger partial charge is 0.480 e. The van der Waals surface area contributed by atoms with Gasteiger partial charge in [0.1, 0.15) is 36.8 Å². The third kappa shape index (κ3) is 17.3. The number of carbonyl (C=O) groups is 7. The first-order valence-electron chi connectivity index (χ1n) is 16.5. The van der Waals surface area contributed by atoms with Gasteiger partial charge in [-0.1, -0.05) is 27.7 Å². The summed E-state index contributed by atoms with van der Waals surface area (Å²) >= 11 is 5.66. The molecule has 0 saturated heterocycles. The predicted octanol–water partition coefficient (Wildman–Crippen LogP) is -2.33. The number of aliphatic hydroxyl groups is 1. The van der Waals surface area contributed by atoms with Crippen LogP contribution < -0.4 is 37.6 Å². The second-order valence-electron chi connectivity index (χ2n) is 12.7. The molecule has 1 aromatic rings. The molecule has 0 aliphatic carbocycles. The van der Waals surface area contributed by atoms with E-state index in [2.05, 4.69) is 49.2 Å². The zero-order chi connectivity index (χ0) is 38.7. The number of hydrogen-bond donors (Lipinski definition) is 11. The highest BCUT2D eigenvalue weighted by molar-refractivity contribution is 7.98. The summed E-state index contributed by atoms with van der Waals surface area (Å²) in [6.07, 6.45) is 5.51. The van der Waals surface area contributed by atoms with Gasteiger partial charge in [0.2, 0.25) is 35.4 Å². The molecule has 6 atom stereocenters. The summed E-state index contributed by atoms with van der Waals surface area (Å²) in [5.41, 5.74) is 6.53. The van der Waals surface area contributed by atoms with Gasteiger partial charge in [0.05, 0.1) is 19.0 Å². The monoisotopic (exact) mass is 759 g/mol. The molecule has 0 bridgehead atoms. The maximum atomic E-state index is 13.8. The van der Waals surface area contributed by atoms with Gasteiger partial charge in [-0.25, -0.2) is 4.98 Å². The summed E-state index contributed by atoms with van der Waals surface area (Å²) in [4.78, 5) is 96.5. The highest BCUT2D eigenvalue weighted by Crippen LogP contribution is 2.10. The molecule has 20 heteroatoms. The number of nitrogens with one attached hydrogen (secondary N) is 7. The lowest BCUT2D eigenvalue weighted by molar-refractivity contribution is -0.139. The molecule has 0 saturated carbocycles. The van der Waals surface area contributed by atoms with Gasteiger partial charge in [-0.2, -0.15) is 24.4 Å². The Hall–Kier alpha value is -3.88. The summed E-state index contributed by atoms with van der Waals surface area (Å²) in [5, 5.41) is 33.2. The van der Waals surface area contributed by atoms with Gasteiger partial charge in [0.25, 0.3) is 0 Å². The summed E-state index contributed by atoms with van der Waals surface area (Å²) in [5.74, 6) is -5.52. The number of amides is 6. The van der Waals surface area contributed by atoms with Crippen molar-refractivity contribution < 1.29 is 43.8 Å². The van der Waals surface area contributed by atoms with Crippen molar-refractivity contribution in [2.45, 2.75) is 89.6 Å². The highest BCUT2D eigenvalue weighted by Gasteiger charge is 2.33. The van der Waals surface area contributed by atoms with Gasteiger partial charge < -0.3 is 52.8 Å². The lowest BCUT2D eigenvalue weighted by Crippen LogP contribution is -2.60. The SMILES string of the molecule is CSCCC(N)C(=O)NC(CC(C)C)C(=O)NC(Cc1cnc[nH]1)C(=O)NC(CC(C)C)C(=O)NC(CS)C(=O)NC(CO)C(=O)NCC(=O)O. The molecule has 0 fully saturated rings. The molecule has 1 aromatic heterocycles. The molecule has 0 aliphatic heterocycles. The molecule has 0 spiro atoms. The number of carboxylic acids is 1. The van der Waals surface area contributed by atoms with E-state index in [1.165, 1.54) is 24.3 Å². The second-order valence-corrected chi connectivity index (χ2v) is 14.1. The van der Waals surface area contributed by atoms with Crippen LogP contribution in [0.15, 0.2) is 12.5 Å². The van der Waals surface area contributed by atoms with Crippen molar-refractivity contribution in [1.82, 2.24) is 41.9 Å². The van der Waals surface area contributed by atoms with Crippen LogP contribution in [0.1, 0.15) is 52.7 Å². The number of thioether (sulfide) groups is 1. The van der Waals surface area contributed by atoms with Crippen LogP contribution >= 0.6 is 24.4 Å². The van der Waals surface area contributed by atoms with Gasteiger partial charge in [-0.05, 0) is 43.1 Å². The van der Waals surface area contributed by atoms with Gasteiger partial charge >= 0.3 is 5.97 Å². The lowest BCUT2D eigenvalue weighted by Gasteiger charge is -2.28. The molecule has 18 nitrogen and oxygen atoms in total. The number of nitrogens with zero attached hydrogens (tertiary/aromatic N) is 1. The average molecular weight is 760 g/mol. The van der Waals surface area contributed by atoms with Crippen LogP contribution in [0.4, 0.5) is 0 Å². The Morgan fingerprint density at radius 3 is 1.76 bits per heavy atom. The van der Waals surface area contributed by atoms with E-state index in [1.807, 2.05) is 39.3 Å². The molecule has 11 N–H and O–H groups in total. The van der Waals surface area contributed by atoms with E-state index in [4.69, 9.17) is 10.8 Å². The number of aliphatic carboxylic acids is 1. The van der Waals surface area contributed by atoms with Crippen LogP contribution in [0.3, 0.4) is 0 Å². The second kappa shape index (κ2) is 23.6. The normalized spacial score (nSPS) is 14.7. The molecule has 1 heterocycles. The molecule has 0 aliphatic rings. The number of carboxylic acid groups (broad SMARTS) is 1. The van der Waals surface area contributed by atoms with Gasteiger partial charge in [-0.3, -0.25) is 33.6 Å². The number of H-pyrrole nitrogens is 1. The highest BCUT2D eigenvalue weighted by atomic mass is 32.2. The smallest absolute Gasteiger partial charge is 0.322 e. The Morgan fingerprint density at radius 2 is 1.29 bits per heavy atom. The van der Waals surface area contributed by atoms with E-state index in [9.17, 15) is 38.7 Å².